The van der Waals surface area contributed by atoms with Gasteiger partial charge in [0.25, 0.3) is 0 Å². The van der Waals surface area contributed by atoms with E-state index in [-0.39, 0.29) is 5.78 Å². The molecule has 2 heterocycles. The van der Waals surface area contributed by atoms with E-state index < -0.39 is 0 Å². The van der Waals surface area contributed by atoms with E-state index in [1.165, 1.54) is 0 Å². The van der Waals surface area contributed by atoms with Crippen LogP contribution in [0.3, 0.4) is 0 Å². The van der Waals surface area contributed by atoms with Crippen LogP contribution in [0.5, 0.6) is 11.5 Å². The van der Waals surface area contributed by atoms with E-state index in [0.717, 1.165) is 36.4 Å². The van der Waals surface area contributed by atoms with Crippen LogP contribution < -0.4 is 14.4 Å². The number of hydrogen-bond acceptors (Lipinski definition) is 4. The fourth-order valence-electron chi connectivity index (χ4n) is 3.04. The monoisotopic (exact) mass is 247 g/mol. The Morgan fingerprint density at radius 3 is 2.83 bits per heavy atom. The van der Waals surface area contributed by atoms with Crippen molar-refractivity contribution >= 4 is 11.5 Å². The smallest absolute Gasteiger partial charge is 0.170 e. The van der Waals surface area contributed by atoms with Gasteiger partial charge in [-0.3, -0.25) is 4.79 Å². The van der Waals surface area contributed by atoms with Crippen LogP contribution in [-0.4, -0.2) is 32.6 Å². The molecule has 0 aliphatic carbocycles. The molecule has 1 saturated heterocycles. The Labute approximate surface area is 106 Å². The molecule has 4 heteroatoms. The van der Waals surface area contributed by atoms with Crippen LogP contribution in [0.25, 0.3) is 0 Å². The van der Waals surface area contributed by atoms with Gasteiger partial charge in [0.1, 0.15) is 11.5 Å². The Morgan fingerprint density at radius 1 is 1.28 bits per heavy atom. The summed E-state index contributed by atoms with van der Waals surface area (Å²) in [5.41, 5.74) is 1.70. The maximum atomic E-state index is 12.3. The molecule has 2 aliphatic heterocycles. The summed E-state index contributed by atoms with van der Waals surface area (Å²) in [5.74, 6) is 1.55. The average Bonchev–Trinajstić information content (AvgIpc) is 2.85. The van der Waals surface area contributed by atoms with E-state index in [1.54, 1.807) is 20.3 Å². The molecule has 1 aromatic carbocycles. The molecule has 0 radical (unpaired) electrons. The van der Waals surface area contributed by atoms with Gasteiger partial charge in [-0.05, 0) is 12.8 Å². The molecule has 96 valence electrons. The topological polar surface area (TPSA) is 38.8 Å². The zero-order valence-corrected chi connectivity index (χ0v) is 10.7. The van der Waals surface area contributed by atoms with Crippen molar-refractivity contribution in [3.8, 4) is 11.5 Å². The van der Waals surface area contributed by atoms with Crippen LogP contribution in [0, 0.1) is 0 Å². The number of carbonyl (C=O) groups is 1. The number of Topliss-reactive ketones (excluding diaryl/α,β-unsaturated/α-hetero) is 1. The van der Waals surface area contributed by atoms with Gasteiger partial charge in [-0.1, -0.05) is 0 Å². The summed E-state index contributed by atoms with van der Waals surface area (Å²) >= 11 is 0. The van der Waals surface area contributed by atoms with Crippen LogP contribution in [0.15, 0.2) is 12.1 Å². The number of anilines is 1. The zero-order valence-electron chi connectivity index (χ0n) is 10.7. The van der Waals surface area contributed by atoms with Gasteiger partial charge in [0.15, 0.2) is 5.78 Å². The highest BCUT2D eigenvalue weighted by molar-refractivity contribution is 6.06. The predicted molar refractivity (Wildman–Crippen MR) is 68.9 cm³/mol. The highest BCUT2D eigenvalue weighted by Gasteiger charge is 2.36. The van der Waals surface area contributed by atoms with E-state index in [2.05, 4.69) is 4.90 Å². The third kappa shape index (κ3) is 1.55. The number of rotatable bonds is 2. The molecule has 0 N–H and O–H groups in total. The lowest BCUT2D eigenvalue weighted by molar-refractivity contribution is 0.0965. The van der Waals surface area contributed by atoms with Crippen molar-refractivity contribution in [3.63, 3.8) is 0 Å². The van der Waals surface area contributed by atoms with E-state index in [4.69, 9.17) is 9.47 Å². The summed E-state index contributed by atoms with van der Waals surface area (Å²) in [7, 11) is 3.23. The summed E-state index contributed by atoms with van der Waals surface area (Å²) < 4.78 is 10.6. The standard InChI is InChI=1S/C14H17NO3/c1-17-10-7-11-14(13(8-10)18-2)12(16)6-9-4-3-5-15(9)11/h7-9H,3-6H2,1-2H3. The molecule has 0 spiro atoms. The minimum Gasteiger partial charge on any atom is -0.497 e. The predicted octanol–water partition coefficient (Wildman–Crippen LogP) is 2.26. The SMILES string of the molecule is COc1cc(OC)c2c(c1)N1CCCC1CC2=O. The highest BCUT2D eigenvalue weighted by atomic mass is 16.5. The van der Waals surface area contributed by atoms with E-state index in [0.29, 0.717) is 18.2 Å². The van der Waals surface area contributed by atoms with Gasteiger partial charge < -0.3 is 14.4 Å². The van der Waals surface area contributed by atoms with E-state index >= 15 is 0 Å². The second kappa shape index (κ2) is 4.19. The summed E-state index contributed by atoms with van der Waals surface area (Å²) in [4.78, 5) is 14.6. The average molecular weight is 247 g/mol. The molecule has 1 unspecified atom stereocenters. The van der Waals surface area contributed by atoms with Crippen LogP contribution in [0.2, 0.25) is 0 Å². The zero-order chi connectivity index (χ0) is 12.7. The van der Waals surface area contributed by atoms with Gasteiger partial charge in [0.05, 0.1) is 25.5 Å². The van der Waals surface area contributed by atoms with Crippen molar-refractivity contribution in [1.82, 2.24) is 0 Å². The third-order valence-electron chi connectivity index (χ3n) is 3.90. The molecule has 0 saturated carbocycles. The fourth-order valence-corrected chi connectivity index (χ4v) is 3.04. The molecule has 4 nitrogen and oxygen atoms in total. The lowest BCUT2D eigenvalue weighted by atomic mass is 9.94. The highest BCUT2D eigenvalue weighted by Crippen LogP contribution is 2.42. The van der Waals surface area contributed by atoms with Crippen molar-refractivity contribution < 1.29 is 14.3 Å². The van der Waals surface area contributed by atoms with Crippen LogP contribution in [0.4, 0.5) is 5.69 Å². The van der Waals surface area contributed by atoms with Crippen molar-refractivity contribution in [2.75, 3.05) is 25.7 Å². The second-order valence-electron chi connectivity index (χ2n) is 4.84. The summed E-state index contributed by atoms with van der Waals surface area (Å²) in [6.07, 6.45) is 2.86. The van der Waals surface area contributed by atoms with Gasteiger partial charge in [-0.2, -0.15) is 0 Å². The van der Waals surface area contributed by atoms with Gasteiger partial charge in [0.2, 0.25) is 0 Å². The van der Waals surface area contributed by atoms with Gasteiger partial charge >= 0.3 is 0 Å². The number of benzene rings is 1. The van der Waals surface area contributed by atoms with Crippen LogP contribution in [0.1, 0.15) is 29.6 Å². The normalized spacial score (nSPS) is 21.6. The first-order valence-corrected chi connectivity index (χ1v) is 6.30. The summed E-state index contributed by atoms with van der Waals surface area (Å²) in [5, 5.41) is 0. The summed E-state index contributed by atoms with van der Waals surface area (Å²) in [6, 6.07) is 4.10. The minimum absolute atomic E-state index is 0.188. The third-order valence-corrected chi connectivity index (χ3v) is 3.90. The number of carbonyl (C=O) groups excluding carboxylic acids is 1. The second-order valence-corrected chi connectivity index (χ2v) is 4.84. The van der Waals surface area contributed by atoms with Crippen molar-refractivity contribution in [3.05, 3.63) is 17.7 Å². The molecule has 0 aromatic heterocycles. The Hall–Kier alpha value is -1.71. The summed E-state index contributed by atoms with van der Waals surface area (Å²) in [6.45, 7) is 1.02. The Bertz CT molecular complexity index is 498. The molecule has 1 atom stereocenters. The number of nitrogens with zero attached hydrogens (tertiary/aromatic N) is 1. The van der Waals surface area contributed by atoms with Crippen molar-refractivity contribution in [2.24, 2.45) is 0 Å². The molecule has 1 fully saturated rings. The molecular weight excluding hydrogens is 230 g/mol. The number of fused-ring (bicyclic) bond motifs is 3. The lowest BCUT2D eigenvalue weighted by Gasteiger charge is -2.33. The van der Waals surface area contributed by atoms with E-state index in [9.17, 15) is 4.79 Å². The Kier molecular flexibility index (Phi) is 2.65. The molecular formula is C14H17NO3. The Morgan fingerprint density at radius 2 is 2.11 bits per heavy atom. The number of hydrogen-bond donors (Lipinski definition) is 0. The van der Waals surface area contributed by atoms with Crippen LogP contribution >= 0.6 is 0 Å². The van der Waals surface area contributed by atoms with Gasteiger partial charge in [0, 0.05) is 31.1 Å². The molecule has 0 amide bonds. The first kappa shape index (κ1) is 11.4. The van der Waals surface area contributed by atoms with E-state index in [1.807, 2.05) is 6.07 Å². The largest absolute Gasteiger partial charge is 0.497 e. The molecule has 0 bridgehead atoms. The first-order chi connectivity index (χ1) is 8.74. The minimum atomic E-state index is 0.188. The van der Waals surface area contributed by atoms with Gasteiger partial charge in [-0.25, -0.2) is 0 Å². The maximum absolute atomic E-state index is 12.3. The number of methoxy groups -OCH3 is 2. The van der Waals surface area contributed by atoms with Crippen molar-refractivity contribution in [2.45, 2.75) is 25.3 Å². The first-order valence-electron chi connectivity index (χ1n) is 6.30. The molecule has 2 aliphatic rings. The fraction of sp³-hybridized carbons (Fsp3) is 0.500. The van der Waals surface area contributed by atoms with Crippen molar-refractivity contribution in [1.29, 1.82) is 0 Å². The van der Waals surface area contributed by atoms with Gasteiger partial charge in [-0.15, -0.1) is 0 Å². The molecule has 1 aromatic rings. The Balaban J connectivity index is 2.18. The maximum Gasteiger partial charge on any atom is 0.170 e. The molecule has 3 rings (SSSR count). The lowest BCUT2D eigenvalue weighted by Crippen LogP contribution is -2.36. The van der Waals surface area contributed by atoms with Crippen LogP contribution in [-0.2, 0) is 0 Å². The number of ether oxygens (including phenoxy) is 2. The number of ketones is 1. The quantitative estimate of drug-likeness (QED) is 0.803. The molecule has 18 heavy (non-hydrogen) atoms.